The molecule has 6 heteroatoms. The van der Waals surface area contributed by atoms with E-state index in [1.165, 1.54) is 0 Å². The number of hydrogen-bond donors (Lipinski definition) is 2. The van der Waals surface area contributed by atoms with Crippen LogP contribution in [0.1, 0.15) is 35.7 Å². The van der Waals surface area contributed by atoms with E-state index in [0.29, 0.717) is 24.4 Å². The van der Waals surface area contributed by atoms with Gasteiger partial charge in [0.15, 0.2) is 0 Å². The second-order valence-corrected chi connectivity index (χ2v) is 6.69. The Bertz CT molecular complexity index is 798. The van der Waals surface area contributed by atoms with Crippen molar-refractivity contribution in [2.24, 2.45) is 0 Å². The van der Waals surface area contributed by atoms with Gasteiger partial charge in [0.25, 0.3) is 5.91 Å². The molecule has 0 saturated carbocycles. The van der Waals surface area contributed by atoms with Gasteiger partial charge in [-0.05, 0) is 49.6 Å². The molecule has 0 bridgehead atoms. The second-order valence-electron chi connectivity index (χ2n) is 6.69. The molecule has 1 saturated heterocycles. The third kappa shape index (κ3) is 5.57. The molecule has 2 aromatic rings. The van der Waals surface area contributed by atoms with E-state index in [4.69, 9.17) is 9.47 Å². The van der Waals surface area contributed by atoms with Crippen LogP contribution in [0.3, 0.4) is 0 Å². The summed E-state index contributed by atoms with van der Waals surface area (Å²) in [4.78, 5) is 25.0. The zero-order valence-corrected chi connectivity index (χ0v) is 16.1. The van der Waals surface area contributed by atoms with Crippen LogP contribution in [-0.2, 0) is 16.0 Å². The van der Waals surface area contributed by atoms with Crippen LogP contribution in [0.5, 0.6) is 5.75 Å². The molecule has 1 aliphatic heterocycles. The lowest BCUT2D eigenvalue weighted by atomic mass is 10.1. The van der Waals surface area contributed by atoms with E-state index in [1.54, 1.807) is 24.3 Å². The number of para-hydroxylation sites is 1. The van der Waals surface area contributed by atoms with Crippen molar-refractivity contribution < 1.29 is 19.1 Å². The second kappa shape index (κ2) is 9.90. The molecule has 0 radical (unpaired) electrons. The number of carbonyl (C=O) groups excluding carboxylic acids is 2. The first kappa shape index (κ1) is 19.9. The Hall–Kier alpha value is -2.86. The average Bonchev–Trinajstić information content (AvgIpc) is 3.22. The van der Waals surface area contributed by atoms with Gasteiger partial charge in [0.1, 0.15) is 5.75 Å². The molecule has 1 unspecified atom stereocenters. The van der Waals surface area contributed by atoms with Gasteiger partial charge in [-0.25, -0.2) is 0 Å². The molecule has 148 valence electrons. The van der Waals surface area contributed by atoms with E-state index >= 15 is 0 Å². The van der Waals surface area contributed by atoms with Crippen molar-refractivity contribution in [2.75, 3.05) is 25.1 Å². The molecule has 6 nitrogen and oxygen atoms in total. The average molecular weight is 382 g/mol. The van der Waals surface area contributed by atoms with E-state index in [9.17, 15) is 9.59 Å². The van der Waals surface area contributed by atoms with Crippen LogP contribution in [0.15, 0.2) is 48.5 Å². The summed E-state index contributed by atoms with van der Waals surface area (Å²) in [5.41, 5.74) is 1.82. The Morgan fingerprint density at radius 1 is 1.14 bits per heavy atom. The summed E-state index contributed by atoms with van der Waals surface area (Å²) < 4.78 is 10.9. The maximum absolute atomic E-state index is 12.5. The van der Waals surface area contributed by atoms with Gasteiger partial charge in [-0.1, -0.05) is 24.3 Å². The van der Waals surface area contributed by atoms with Crippen molar-refractivity contribution in [1.29, 1.82) is 0 Å². The summed E-state index contributed by atoms with van der Waals surface area (Å²) in [5, 5.41) is 5.74. The molecule has 0 aliphatic carbocycles. The maximum atomic E-state index is 12.5. The largest absolute Gasteiger partial charge is 0.494 e. The minimum absolute atomic E-state index is 0.0744. The molecule has 3 rings (SSSR count). The SMILES string of the molecule is CCOc1ccc(CC(=O)Nc2ccccc2C(=O)NCC2CCCO2)cc1. The molecule has 1 atom stereocenters. The topological polar surface area (TPSA) is 76.7 Å². The highest BCUT2D eigenvalue weighted by Crippen LogP contribution is 2.17. The number of ether oxygens (including phenoxy) is 2. The van der Waals surface area contributed by atoms with Crippen LogP contribution in [0.4, 0.5) is 5.69 Å². The standard InChI is InChI=1S/C22H26N2O4/c1-2-27-17-11-9-16(10-12-17)14-21(25)24-20-8-4-3-7-19(20)22(26)23-15-18-6-5-13-28-18/h3-4,7-12,18H,2,5-6,13-15H2,1H3,(H,23,26)(H,24,25). The molecule has 0 spiro atoms. The van der Waals surface area contributed by atoms with E-state index in [2.05, 4.69) is 10.6 Å². The Balaban J connectivity index is 1.58. The van der Waals surface area contributed by atoms with Gasteiger partial charge >= 0.3 is 0 Å². The predicted octanol–water partition coefficient (Wildman–Crippen LogP) is 3.18. The molecule has 2 amide bonds. The summed E-state index contributed by atoms with van der Waals surface area (Å²) in [6, 6.07) is 14.4. The van der Waals surface area contributed by atoms with Crippen LogP contribution in [0.2, 0.25) is 0 Å². The van der Waals surface area contributed by atoms with E-state index in [1.807, 2.05) is 31.2 Å². The molecule has 2 N–H and O–H groups in total. The lowest BCUT2D eigenvalue weighted by molar-refractivity contribution is -0.115. The zero-order chi connectivity index (χ0) is 19.8. The quantitative estimate of drug-likeness (QED) is 0.735. The molecule has 2 aromatic carbocycles. The number of anilines is 1. The molecule has 1 heterocycles. The van der Waals surface area contributed by atoms with Crippen LogP contribution >= 0.6 is 0 Å². The fraction of sp³-hybridized carbons (Fsp3) is 0.364. The predicted molar refractivity (Wildman–Crippen MR) is 108 cm³/mol. The molecule has 1 aliphatic rings. The van der Waals surface area contributed by atoms with Crippen molar-refractivity contribution in [3.8, 4) is 5.75 Å². The Labute approximate surface area is 165 Å². The number of rotatable bonds is 8. The molecular formula is C22H26N2O4. The Kier molecular flexibility index (Phi) is 7.03. The molecule has 0 aromatic heterocycles. The van der Waals surface area contributed by atoms with Crippen molar-refractivity contribution in [1.82, 2.24) is 5.32 Å². The van der Waals surface area contributed by atoms with Gasteiger partial charge in [-0.2, -0.15) is 0 Å². The van der Waals surface area contributed by atoms with Crippen molar-refractivity contribution in [3.05, 3.63) is 59.7 Å². The van der Waals surface area contributed by atoms with Crippen LogP contribution in [0.25, 0.3) is 0 Å². The highest BCUT2D eigenvalue weighted by Gasteiger charge is 2.18. The summed E-state index contributed by atoms with van der Waals surface area (Å²) in [7, 11) is 0. The lowest BCUT2D eigenvalue weighted by Gasteiger charge is -2.14. The van der Waals surface area contributed by atoms with Gasteiger partial charge in [-0.15, -0.1) is 0 Å². The highest BCUT2D eigenvalue weighted by atomic mass is 16.5. The summed E-state index contributed by atoms with van der Waals surface area (Å²) in [5.74, 6) is 0.385. The fourth-order valence-corrected chi connectivity index (χ4v) is 3.15. The number of nitrogens with one attached hydrogen (secondary N) is 2. The molecule has 1 fully saturated rings. The van der Waals surface area contributed by atoms with Crippen LogP contribution in [-0.4, -0.2) is 37.7 Å². The third-order valence-electron chi connectivity index (χ3n) is 4.56. The minimum Gasteiger partial charge on any atom is -0.494 e. The van der Waals surface area contributed by atoms with Gasteiger partial charge < -0.3 is 20.1 Å². The Morgan fingerprint density at radius 3 is 2.64 bits per heavy atom. The number of benzene rings is 2. The van der Waals surface area contributed by atoms with Gasteiger partial charge in [0.2, 0.25) is 5.91 Å². The minimum atomic E-state index is -0.215. The van der Waals surface area contributed by atoms with Crippen molar-refractivity contribution >= 4 is 17.5 Å². The van der Waals surface area contributed by atoms with E-state index in [-0.39, 0.29) is 24.3 Å². The monoisotopic (exact) mass is 382 g/mol. The first-order chi connectivity index (χ1) is 13.7. The van der Waals surface area contributed by atoms with Crippen molar-refractivity contribution in [3.63, 3.8) is 0 Å². The fourth-order valence-electron chi connectivity index (χ4n) is 3.15. The summed E-state index contributed by atoms with van der Waals surface area (Å²) >= 11 is 0. The van der Waals surface area contributed by atoms with Crippen LogP contribution < -0.4 is 15.4 Å². The number of carbonyl (C=O) groups is 2. The van der Waals surface area contributed by atoms with Gasteiger partial charge in [-0.3, -0.25) is 9.59 Å². The Morgan fingerprint density at radius 2 is 1.93 bits per heavy atom. The van der Waals surface area contributed by atoms with Crippen LogP contribution in [0, 0.1) is 0 Å². The van der Waals surface area contributed by atoms with E-state index in [0.717, 1.165) is 30.8 Å². The third-order valence-corrected chi connectivity index (χ3v) is 4.56. The first-order valence-electron chi connectivity index (χ1n) is 9.66. The molecular weight excluding hydrogens is 356 g/mol. The summed E-state index contributed by atoms with van der Waals surface area (Å²) in [6.07, 6.45) is 2.28. The maximum Gasteiger partial charge on any atom is 0.253 e. The summed E-state index contributed by atoms with van der Waals surface area (Å²) in [6.45, 7) is 3.76. The van der Waals surface area contributed by atoms with Gasteiger partial charge in [0.05, 0.1) is 30.4 Å². The zero-order valence-electron chi connectivity index (χ0n) is 16.1. The first-order valence-corrected chi connectivity index (χ1v) is 9.66. The van der Waals surface area contributed by atoms with Crippen molar-refractivity contribution in [2.45, 2.75) is 32.3 Å². The van der Waals surface area contributed by atoms with E-state index < -0.39 is 0 Å². The normalized spacial score (nSPS) is 15.8. The lowest BCUT2D eigenvalue weighted by Crippen LogP contribution is -2.32. The smallest absolute Gasteiger partial charge is 0.253 e. The highest BCUT2D eigenvalue weighted by molar-refractivity contribution is 6.04. The number of amides is 2. The van der Waals surface area contributed by atoms with Gasteiger partial charge in [0, 0.05) is 13.2 Å². The number of hydrogen-bond acceptors (Lipinski definition) is 4. The molecule has 28 heavy (non-hydrogen) atoms.